The lowest BCUT2D eigenvalue weighted by Gasteiger charge is -2.11. The zero-order valence-electron chi connectivity index (χ0n) is 23.5. The van der Waals surface area contributed by atoms with E-state index < -0.39 is 12.0 Å². The number of esters is 1. The zero-order chi connectivity index (χ0) is 27.6. The Labute approximate surface area is 227 Å². The summed E-state index contributed by atoms with van der Waals surface area (Å²) >= 11 is 0. The molecule has 0 unspecified atom stereocenters. The van der Waals surface area contributed by atoms with E-state index in [1.807, 2.05) is 6.92 Å². The third kappa shape index (κ3) is 11.5. The molecule has 0 aliphatic carbocycles. The van der Waals surface area contributed by atoms with E-state index >= 15 is 0 Å². The molecular formula is C30H46N4O4. The van der Waals surface area contributed by atoms with Gasteiger partial charge in [0.2, 0.25) is 5.95 Å². The number of amides is 2. The predicted molar refractivity (Wildman–Crippen MR) is 153 cm³/mol. The number of nitrogens with zero attached hydrogens (tertiary/aromatic N) is 2. The first-order chi connectivity index (χ1) is 18.5. The van der Waals surface area contributed by atoms with E-state index in [9.17, 15) is 14.4 Å². The number of rotatable bonds is 19. The maximum Gasteiger partial charge on any atom is 0.338 e. The number of benzene rings is 1. The van der Waals surface area contributed by atoms with Crippen molar-refractivity contribution in [2.45, 2.75) is 111 Å². The van der Waals surface area contributed by atoms with Crippen molar-refractivity contribution in [2.75, 3.05) is 17.2 Å². The molecule has 1 aromatic carbocycles. The van der Waals surface area contributed by atoms with Gasteiger partial charge in [-0.25, -0.2) is 14.6 Å². The van der Waals surface area contributed by atoms with Crippen LogP contribution in [-0.4, -0.2) is 33.9 Å². The molecule has 2 N–H and O–H groups in total. The van der Waals surface area contributed by atoms with E-state index in [0.717, 1.165) is 19.3 Å². The molecule has 2 amide bonds. The average molecular weight is 527 g/mol. The fourth-order valence-corrected chi connectivity index (χ4v) is 4.39. The highest BCUT2D eigenvalue weighted by atomic mass is 16.5. The number of ketones is 1. The van der Waals surface area contributed by atoms with E-state index in [4.69, 9.17) is 4.74 Å². The Morgan fingerprint density at radius 1 is 0.842 bits per heavy atom. The largest absolute Gasteiger partial charge is 0.462 e. The molecule has 0 fully saturated rings. The van der Waals surface area contributed by atoms with Gasteiger partial charge in [-0.05, 0) is 31.0 Å². The SMILES string of the molecule is CCCCCCCCCCCCCCOC(=O)c1cccc(NC(=O)Nc2ncc(C(C)=O)n2CCC)c1. The monoisotopic (exact) mass is 526 g/mol. The Morgan fingerprint density at radius 3 is 2.08 bits per heavy atom. The number of ether oxygens (including phenoxy) is 1. The van der Waals surface area contributed by atoms with Crippen molar-refractivity contribution in [1.82, 2.24) is 9.55 Å². The summed E-state index contributed by atoms with van der Waals surface area (Å²) in [7, 11) is 0. The Bertz CT molecular complexity index is 1000. The molecule has 38 heavy (non-hydrogen) atoms. The van der Waals surface area contributed by atoms with E-state index in [2.05, 4.69) is 22.5 Å². The molecule has 0 bridgehead atoms. The van der Waals surface area contributed by atoms with E-state index in [-0.39, 0.29) is 5.78 Å². The number of urea groups is 1. The summed E-state index contributed by atoms with van der Waals surface area (Å²) in [5.74, 6) is -0.219. The first-order valence-corrected chi connectivity index (χ1v) is 14.4. The van der Waals surface area contributed by atoms with Gasteiger partial charge in [-0.1, -0.05) is 90.5 Å². The molecule has 0 aliphatic heterocycles. The van der Waals surface area contributed by atoms with Crippen LogP contribution in [0.15, 0.2) is 30.5 Å². The van der Waals surface area contributed by atoms with Gasteiger partial charge in [0.1, 0.15) is 5.69 Å². The molecular weight excluding hydrogens is 480 g/mol. The van der Waals surface area contributed by atoms with Gasteiger partial charge in [-0.3, -0.25) is 10.1 Å². The Morgan fingerprint density at radius 2 is 1.47 bits per heavy atom. The fourth-order valence-electron chi connectivity index (χ4n) is 4.39. The lowest BCUT2D eigenvalue weighted by Crippen LogP contribution is -2.23. The second-order valence-corrected chi connectivity index (χ2v) is 9.86. The van der Waals surface area contributed by atoms with Crippen molar-refractivity contribution in [3.8, 4) is 0 Å². The molecule has 2 aromatic rings. The molecule has 0 saturated carbocycles. The van der Waals surface area contributed by atoms with Gasteiger partial charge in [0.25, 0.3) is 0 Å². The smallest absolute Gasteiger partial charge is 0.338 e. The lowest BCUT2D eigenvalue weighted by molar-refractivity contribution is 0.0497. The van der Waals surface area contributed by atoms with Crippen molar-refractivity contribution in [3.05, 3.63) is 41.7 Å². The highest BCUT2D eigenvalue weighted by molar-refractivity contribution is 6.00. The molecule has 8 heteroatoms. The van der Waals surface area contributed by atoms with Crippen LogP contribution < -0.4 is 10.6 Å². The van der Waals surface area contributed by atoms with Crippen molar-refractivity contribution in [3.63, 3.8) is 0 Å². The van der Waals surface area contributed by atoms with Crippen molar-refractivity contribution in [1.29, 1.82) is 0 Å². The number of imidazole rings is 1. The standard InChI is InChI=1S/C30H46N4O4/c1-4-6-7-8-9-10-11-12-13-14-15-16-21-38-28(36)25-18-17-19-26(22-25)32-30(37)33-29-31-23-27(24(3)35)34(29)20-5-2/h17-19,22-23H,4-16,20-21H2,1-3H3,(H2,31,32,33,37). The van der Waals surface area contributed by atoms with Gasteiger partial charge in [0, 0.05) is 19.2 Å². The molecule has 2 rings (SSSR count). The highest BCUT2D eigenvalue weighted by Crippen LogP contribution is 2.16. The first kappa shape index (κ1) is 31.1. The number of hydrogen-bond donors (Lipinski definition) is 2. The number of nitrogens with one attached hydrogen (secondary N) is 2. The normalized spacial score (nSPS) is 10.8. The van der Waals surface area contributed by atoms with Crippen LogP contribution in [0.3, 0.4) is 0 Å². The van der Waals surface area contributed by atoms with Gasteiger partial charge in [0.05, 0.1) is 18.4 Å². The Hall–Kier alpha value is -3.16. The van der Waals surface area contributed by atoms with Crippen molar-refractivity contribution in [2.24, 2.45) is 0 Å². The average Bonchev–Trinajstić information content (AvgIpc) is 3.29. The number of aromatic nitrogens is 2. The third-order valence-electron chi connectivity index (χ3n) is 6.48. The van der Waals surface area contributed by atoms with Crippen LogP contribution in [0, 0.1) is 0 Å². The topological polar surface area (TPSA) is 102 Å². The molecule has 0 saturated heterocycles. The van der Waals surface area contributed by atoms with E-state index in [0.29, 0.717) is 36.0 Å². The summed E-state index contributed by atoms with van der Waals surface area (Å²) in [4.78, 5) is 41.0. The van der Waals surface area contributed by atoms with Gasteiger partial charge < -0.3 is 14.6 Å². The van der Waals surface area contributed by atoms with Crippen LogP contribution in [0.1, 0.15) is 125 Å². The molecule has 1 heterocycles. The number of carbonyl (C=O) groups is 3. The summed E-state index contributed by atoms with van der Waals surface area (Å²) in [6.07, 6.45) is 17.3. The molecule has 210 valence electrons. The fraction of sp³-hybridized carbons (Fsp3) is 0.600. The molecule has 1 aromatic heterocycles. The number of anilines is 2. The van der Waals surface area contributed by atoms with Gasteiger partial charge >= 0.3 is 12.0 Å². The van der Waals surface area contributed by atoms with Crippen LogP contribution in [0.2, 0.25) is 0 Å². The zero-order valence-corrected chi connectivity index (χ0v) is 23.5. The van der Waals surface area contributed by atoms with Gasteiger partial charge in [0.15, 0.2) is 5.78 Å². The highest BCUT2D eigenvalue weighted by Gasteiger charge is 2.15. The summed E-state index contributed by atoms with van der Waals surface area (Å²) in [5, 5.41) is 5.40. The maximum atomic E-state index is 12.5. The quantitative estimate of drug-likeness (QED) is 0.110. The van der Waals surface area contributed by atoms with E-state index in [1.165, 1.54) is 77.3 Å². The van der Waals surface area contributed by atoms with Crippen LogP contribution in [0.5, 0.6) is 0 Å². The van der Waals surface area contributed by atoms with E-state index in [1.54, 1.807) is 28.8 Å². The maximum absolute atomic E-state index is 12.5. The second kappa shape index (κ2) is 18.2. The molecule has 0 aliphatic rings. The van der Waals surface area contributed by atoms with Crippen molar-refractivity contribution >= 4 is 29.4 Å². The minimum absolute atomic E-state index is 0.117. The number of carbonyl (C=O) groups excluding carboxylic acids is 3. The summed E-state index contributed by atoms with van der Waals surface area (Å²) in [5.41, 5.74) is 1.29. The van der Waals surface area contributed by atoms with Gasteiger partial charge in [-0.15, -0.1) is 0 Å². The number of unbranched alkanes of at least 4 members (excludes halogenated alkanes) is 11. The Kier molecular flexibility index (Phi) is 14.8. The lowest BCUT2D eigenvalue weighted by atomic mass is 10.1. The first-order valence-electron chi connectivity index (χ1n) is 14.4. The summed E-state index contributed by atoms with van der Waals surface area (Å²) < 4.78 is 7.12. The van der Waals surface area contributed by atoms with Crippen LogP contribution in [0.25, 0.3) is 0 Å². The van der Waals surface area contributed by atoms with Crippen LogP contribution in [-0.2, 0) is 11.3 Å². The third-order valence-corrected chi connectivity index (χ3v) is 6.48. The predicted octanol–water partition coefficient (Wildman–Crippen LogP) is 8.00. The second-order valence-electron chi connectivity index (χ2n) is 9.86. The van der Waals surface area contributed by atoms with Crippen LogP contribution in [0.4, 0.5) is 16.4 Å². The van der Waals surface area contributed by atoms with Gasteiger partial charge in [-0.2, -0.15) is 0 Å². The molecule has 0 radical (unpaired) electrons. The Balaban J connectivity index is 1.67. The summed E-state index contributed by atoms with van der Waals surface area (Å²) in [6.45, 7) is 6.66. The van der Waals surface area contributed by atoms with Crippen molar-refractivity contribution < 1.29 is 19.1 Å². The summed E-state index contributed by atoms with van der Waals surface area (Å²) in [6, 6.07) is 6.14. The minimum atomic E-state index is -0.509. The number of Topliss-reactive ketones (excluding diaryl/α,β-unsaturated/α-hetero) is 1. The number of hydrogen-bond acceptors (Lipinski definition) is 5. The minimum Gasteiger partial charge on any atom is -0.462 e. The molecule has 0 atom stereocenters. The molecule has 0 spiro atoms. The molecule has 8 nitrogen and oxygen atoms in total. The van der Waals surface area contributed by atoms with Crippen LogP contribution >= 0.6 is 0 Å².